The third kappa shape index (κ3) is 5.43. The molecule has 2 aromatic rings. The number of piperidine rings is 1. The summed E-state index contributed by atoms with van der Waals surface area (Å²) < 4.78 is 5.08. The first kappa shape index (κ1) is 21.9. The van der Waals surface area contributed by atoms with E-state index in [4.69, 9.17) is 10.5 Å². The fourth-order valence-electron chi connectivity index (χ4n) is 3.53. The lowest BCUT2D eigenvalue weighted by Gasteiger charge is -2.31. The third-order valence-corrected chi connectivity index (χ3v) is 5.22. The van der Waals surface area contributed by atoms with Crippen LogP contribution in [0.2, 0.25) is 0 Å². The number of anilines is 3. The number of hydrogen-bond donors (Lipinski definition) is 1. The summed E-state index contributed by atoms with van der Waals surface area (Å²) in [6.07, 6.45) is 2.62. The number of benzene rings is 2. The number of nitrogen functional groups attached to an aromatic ring is 1. The van der Waals surface area contributed by atoms with Gasteiger partial charge >= 0.3 is 5.97 Å². The van der Waals surface area contributed by atoms with Crippen molar-refractivity contribution in [1.82, 2.24) is 4.90 Å². The van der Waals surface area contributed by atoms with Crippen LogP contribution in [0.25, 0.3) is 0 Å². The first-order valence-corrected chi connectivity index (χ1v) is 10.3. The highest BCUT2D eigenvalue weighted by molar-refractivity contribution is 5.98. The van der Waals surface area contributed by atoms with E-state index in [0.717, 1.165) is 11.4 Å². The zero-order chi connectivity index (χ0) is 22.2. The van der Waals surface area contributed by atoms with Gasteiger partial charge in [0.05, 0.1) is 12.5 Å². The lowest BCUT2D eigenvalue weighted by atomic mass is 9.96. The quantitative estimate of drug-likeness (QED) is 0.333. The average molecular weight is 418 g/mol. The number of carbonyl (C=O) groups is 2. The highest BCUT2D eigenvalue weighted by Gasteiger charge is 2.29. The lowest BCUT2D eigenvalue weighted by Crippen LogP contribution is -2.41. The van der Waals surface area contributed by atoms with Gasteiger partial charge in [0.25, 0.3) is 5.91 Å². The molecule has 0 saturated carbocycles. The highest BCUT2D eigenvalue weighted by atomic mass is 16.5. The fourth-order valence-corrected chi connectivity index (χ4v) is 3.53. The number of rotatable bonds is 6. The van der Waals surface area contributed by atoms with Crippen molar-refractivity contribution in [2.45, 2.75) is 19.8 Å². The van der Waals surface area contributed by atoms with E-state index in [-0.39, 0.29) is 23.4 Å². The van der Waals surface area contributed by atoms with Gasteiger partial charge in [-0.25, -0.2) is 0 Å². The number of nitrogens with two attached hydrogens (primary N) is 1. The maximum Gasteiger partial charge on any atom is 0.309 e. The Morgan fingerprint density at radius 3 is 2.32 bits per heavy atom. The lowest BCUT2D eigenvalue weighted by molar-refractivity contribution is -0.150. The van der Waals surface area contributed by atoms with E-state index < -0.39 is 0 Å². The minimum atomic E-state index is -0.346. The molecule has 7 nitrogen and oxygen atoms in total. The van der Waals surface area contributed by atoms with Gasteiger partial charge in [-0.15, -0.1) is 0 Å². The molecule has 1 aliphatic heterocycles. The summed E-state index contributed by atoms with van der Waals surface area (Å²) in [5, 5.41) is 9.74. The molecule has 1 amide bonds. The summed E-state index contributed by atoms with van der Waals surface area (Å²) in [5.41, 5.74) is 8.05. The molecule has 160 valence electrons. The zero-order valence-electron chi connectivity index (χ0n) is 17.5. The molecule has 2 aromatic carbocycles. The molecule has 1 fully saturated rings. The van der Waals surface area contributed by atoms with Crippen molar-refractivity contribution in [1.29, 1.82) is 5.26 Å². The van der Waals surface area contributed by atoms with Crippen molar-refractivity contribution in [2.24, 2.45) is 5.92 Å². The normalized spacial score (nSPS) is 14.6. The Bertz CT molecular complexity index is 972. The van der Waals surface area contributed by atoms with Crippen LogP contribution in [0, 0.1) is 17.2 Å². The molecule has 0 bridgehead atoms. The van der Waals surface area contributed by atoms with E-state index in [1.54, 1.807) is 35.1 Å². The molecule has 0 aromatic heterocycles. The van der Waals surface area contributed by atoms with Crippen LogP contribution < -0.4 is 10.6 Å². The van der Waals surface area contributed by atoms with Gasteiger partial charge in [0.1, 0.15) is 11.6 Å². The molecule has 1 heterocycles. The van der Waals surface area contributed by atoms with E-state index in [1.807, 2.05) is 48.5 Å². The van der Waals surface area contributed by atoms with Gasteiger partial charge < -0.3 is 20.3 Å². The summed E-state index contributed by atoms with van der Waals surface area (Å²) in [7, 11) is 0. The topological polar surface area (TPSA) is 99.7 Å². The van der Waals surface area contributed by atoms with Gasteiger partial charge in [-0.2, -0.15) is 5.26 Å². The molecule has 1 aliphatic rings. The Morgan fingerprint density at radius 2 is 1.74 bits per heavy atom. The van der Waals surface area contributed by atoms with Gasteiger partial charge in [-0.05, 0) is 56.2 Å². The van der Waals surface area contributed by atoms with Crippen LogP contribution >= 0.6 is 0 Å². The summed E-state index contributed by atoms with van der Waals surface area (Å²) >= 11 is 0. The molecule has 2 N–H and O–H groups in total. The predicted molar refractivity (Wildman–Crippen MR) is 119 cm³/mol. The minimum Gasteiger partial charge on any atom is -0.466 e. The standard InChI is InChI=1S/C24H26N4O3/c1-2-31-24(30)18-12-14-27(15-13-18)23(29)19(16-25)17-28(21-6-4-3-5-7-21)22-10-8-20(26)9-11-22/h3-11,17-18H,2,12-15,26H2,1H3/b19-17-. The molecule has 0 aliphatic carbocycles. The van der Waals surface area contributed by atoms with Gasteiger partial charge in [-0.3, -0.25) is 9.59 Å². The van der Waals surface area contributed by atoms with E-state index in [2.05, 4.69) is 0 Å². The molecule has 0 spiro atoms. The molecule has 0 unspecified atom stereocenters. The largest absolute Gasteiger partial charge is 0.466 e. The third-order valence-electron chi connectivity index (χ3n) is 5.22. The van der Waals surface area contributed by atoms with Gasteiger partial charge in [0.2, 0.25) is 0 Å². The van der Waals surface area contributed by atoms with Crippen LogP contribution in [0.3, 0.4) is 0 Å². The number of likely N-dealkylation sites (tertiary alicyclic amines) is 1. The predicted octanol–water partition coefficient (Wildman–Crippen LogP) is 3.62. The number of carbonyl (C=O) groups excluding carboxylic acids is 2. The summed E-state index contributed by atoms with van der Waals surface area (Å²) in [6, 6.07) is 18.7. The Balaban J connectivity index is 1.82. The highest BCUT2D eigenvalue weighted by Crippen LogP contribution is 2.28. The maximum absolute atomic E-state index is 13.1. The molecular weight excluding hydrogens is 392 g/mol. The summed E-state index contributed by atoms with van der Waals surface area (Å²) in [6.45, 7) is 2.95. The second kappa shape index (κ2) is 10.3. The number of para-hydroxylation sites is 1. The van der Waals surface area contributed by atoms with Crippen LogP contribution in [0.15, 0.2) is 66.4 Å². The van der Waals surface area contributed by atoms with Crippen molar-refractivity contribution in [3.63, 3.8) is 0 Å². The summed E-state index contributed by atoms with van der Waals surface area (Å²) in [4.78, 5) is 28.4. The SMILES string of the molecule is CCOC(=O)C1CCN(C(=O)/C(C#N)=C\N(c2ccccc2)c2ccc(N)cc2)CC1. The molecule has 0 atom stereocenters. The fraction of sp³-hybridized carbons (Fsp3) is 0.292. The van der Waals surface area contributed by atoms with Gasteiger partial charge in [0.15, 0.2) is 0 Å². The first-order valence-electron chi connectivity index (χ1n) is 10.3. The maximum atomic E-state index is 13.1. The number of hydrogen-bond acceptors (Lipinski definition) is 6. The zero-order valence-corrected chi connectivity index (χ0v) is 17.5. The number of ether oxygens (including phenoxy) is 1. The Morgan fingerprint density at radius 1 is 1.13 bits per heavy atom. The van der Waals surface area contributed by atoms with E-state index in [9.17, 15) is 14.9 Å². The van der Waals surface area contributed by atoms with Crippen LogP contribution in [-0.2, 0) is 14.3 Å². The Kier molecular flexibility index (Phi) is 7.28. The monoisotopic (exact) mass is 418 g/mol. The number of nitrogens with zero attached hydrogens (tertiary/aromatic N) is 3. The molecule has 0 radical (unpaired) electrons. The Hall–Kier alpha value is -3.79. The average Bonchev–Trinajstić information content (AvgIpc) is 2.81. The van der Waals surface area contributed by atoms with E-state index in [1.165, 1.54) is 0 Å². The molecular formula is C24H26N4O3. The van der Waals surface area contributed by atoms with Crippen LogP contribution in [-0.4, -0.2) is 36.5 Å². The van der Waals surface area contributed by atoms with Crippen LogP contribution in [0.4, 0.5) is 17.1 Å². The molecule has 3 rings (SSSR count). The van der Waals surface area contributed by atoms with Crippen LogP contribution in [0.5, 0.6) is 0 Å². The second-order valence-electron chi connectivity index (χ2n) is 7.27. The first-order chi connectivity index (χ1) is 15.0. The van der Waals surface area contributed by atoms with Crippen molar-refractivity contribution in [3.05, 3.63) is 66.4 Å². The number of nitriles is 1. The van der Waals surface area contributed by atoms with Crippen molar-refractivity contribution in [2.75, 3.05) is 30.3 Å². The minimum absolute atomic E-state index is 0.0234. The molecule has 7 heteroatoms. The van der Waals surface area contributed by atoms with Crippen molar-refractivity contribution < 1.29 is 14.3 Å². The summed E-state index contributed by atoms with van der Waals surface area (Å²) in [5.74, 6) is -0.764. The van der Waals surface area contributed by atoms with Crippen molar-refractivity contribution in [3.8, 4) is 6.07 Å². The van der Waals surface area contributed by atoms with Gasteiger partial charge in [-0.1, -0.05) is 18.2 Å². The molecule has 1 saturated heterocycles. The Labute approximate surface area is 182 Å². The van der Waals surface area contributed by atoms with E-state index in [0.29, 0.717) is 38.2 Å². The van der Waals surface area contributed by atoms with E-state index >= 15 is 0 Å². The number of amides is 1. The van der Waals surface area contributed by atoms with Gasteiger partial charge in [0, 0.05) is 36.4 Å². The smallest absolute Gasteiger partial charge is 0.309 e. The van der Waals surface area contributed by atoms with Crippen molar-refractivity contribution >= 4 is 28.9 Å². The molecule has 31 heavy (non-hydrogen) atoms. The van der Waals surface area contributed by atoms with Crippen LogP contribution in [0.1, 0.15) is 19.8 Å². The second-order valence-corrected chi connectivity index (χ2v) is 7.27. The number of esters is 1.